The Morgan fingerprint density at radius 3 is 2.53 bits per heavy atom. The summed E-state index contributed by atoms with van der Waals surface area (Å²) in [5.74, 6) is 0.232. The average molecular weight is 396 g/mol. The van der Waals surface area contributed by atoms with E-state index in [0.717, 1.165) is 33.1 Å². The van der Waals surface area contributed by atoms with Crippen LogP contribution in [0.15, 0.2) is 67.0 Å². The molecule has 3 heterocycles. The predicted octanol–water partition coefficient (Wildman–Crippen LogP) is 5.60. The molecule has 5 rings (SSSR count). The maximum Gasteiger partial charge on any atom is 0.335 e. The van der Waals surface area contributed by atoms with Gasteiger partial charge in [-0.1, -0.05) is 26.0 Å². The number of nitrogens with one attached hydrogen (secondary N) is 1. The predicted molar refractivity (Wildman–Crippen MR) is 119 cm³/mol. The monoisotopic (exact) mass is 396 g/mol. The Morgan fingerprint density at radius 1 is 1.00 bits per heavy atom. The van der Waals surface area contributed by atoms with Crippen LogP contribution in [-0.4, -0.2) is 25.4 Å². The molecule has 0 aliphatic carbocycles. The maximum atomic E-state index is 11.4. The van der Waals surface area contributed by atoms with Crippen LogP contribution in [0.4, 0.5) is 11.5 Å². The van der Waals surface area contributed by atoms with Crippen LogP contribution < -0.4 is 5.32 Å². The molecule has 0 atom stereocenters. The molecule has 0 unspecified atom stereocenters. The van der Waals surface area contributed by atoms with E-state index in [-0.39, 0.29) is 5.56 Å². The fourth-order valence-electron chi connectivity index (χ4n) is 3.79. The van der Waals surface area contributed by atoms with Crippen LogP contribution in [0.2, 0.25) is 0 Å². The van der Waals surface area contributed by atoms with Crippen molar-refractivity contribution in [3.8, 4) is 0 Å². The number of fused-ring (bicyclic) bond motifs is 5. The Kier molecular flexibility index (Phi) is 4.13. The summed E-state index contributed by atoms with van der Waals surface area (Å²) in [5, 5.41) is 13.6. The molecule has 0 saturated heterocycles. The third-order valence-electron chi connectivity index (χ3n) is 5.38. The summed E-state index contributed by atoms with van der Waals surface area (Å²) >= 11 is 0. The Hall–Kier alpha value is -3.93. The lowest BCUT2D eigenvalue weighted by Crippen LogP contribution is -2.00. The van der Waals surface area contributed by atoms with Crippen molar-refractivity contribution in [2.24, 2.45) is 0 Å². The average Bonchev–Trinajstić information content (AvgIpc) is 3.13. The lowest BCUT2D eigenvalue weighted by Gasteiger charge is -2.12. The molecular weight excluding hydrogens is 376 g/mol. The van der Waals surface area contributed by atoms with Gasteiger partial charge in [-0.25, -0.2) is 9.78 Å². The molecule has 0 spiro atoms. The first-order valence-corrected chi connectivity index (χ1v) is 9.80. The summed E-state index contributed by atoms with van der Waals surface area (Å²) < 4.78 is 2.07. The molecule has 0 amide bonds. The van der Waals surface area contributed by atoms with Crippen molar-refractivity contribution in [1.29, 1.82) is 0 Å². The van der Waals surface area contributed by atoms with Gasteiger partial charge in [-0.15, -0.1) is 0 Å². The molecule has 0 aliphatic rings. The van der Waals surface area contributed by atoms with Crippen LogP contribution in [0.1, 0.15) is 35.7 Å². The molecule has 0 bridgehead atoms. The van der Waals surface area contributed by atoms with Gasteiger partial charge in [-0.2, -0.15) is 0 Å². The number of anilines is 2. The van der Waals surface area contributed by atoms with Crippen molar-refractivity contribution >= 4 is 44.9 Å². The van der Waals surface area contributed by atoms with Crippen molar-refractivity contribution in [3.63, 3.8) is 0 Å². The number of aromatic carboxylic acids is 1. The lowest BCUT2D eigenvalue weighted by molar-refractivity contribution is 0.0697. The van der Waals surface area contributed by atoms with E-state index in [1.54, 1.807) is 24.5 Å². The molecule has 0 fully saturated rings. The van der Waals surface area contributed by atoms with Gasteiger partial charge in [0.1, 0.15) is 0 Å². The van der Waals surface area contributed by atoms with Crippen LogP contribution in [0, 0.1) is 0 Å². The SMILES string of the molecule is CC(C)c1ccc(Nc2nc3ccncc3n3c2cc2cc(C(=O)O)ccc23)cc1. The highest BCUT2D eigenvalue weighted by atomic mass is 16.4. The van der Waals surface area contributed by atoms with E-state index in [1.807, 2.05) is 18.2 Å². The summed E-state index contributed by atoms with van der Waals surface area (Å²) in [6, 6.07) is 17.3. The van der Waals surface area contributed by atoms with E-state index in [2.05, 4.69) is 52.8 Å². The van der Waals surface area contributed by atoms with E-state index < -0.39 is 5.97 Å². The van der Waals surface area contributed by atoms with Gasteiger partial charge in [-0.05, 0) is 53.9 Å². The first-order chi connectivity index (χ1) is 14.5. The fourth-order valence-corrected chi connectivity index (χ4v) is 3.79. The minimum absolute atomic E-state index is 0.257. The highest BCUT2D eigenvalue weighted by Gasteiger charge is 2.14. The molecular formula is C24H20N4O2. The van der Waals surface area contributed by atoms with Crippen molar-refractivity contribution in [2.45, 2.75) is 19.8 Å². The largest absolute Gasteiger partial charge is 0.478 e. The third-order valence-corrected chi connectivity index (χ3v) is 5.38. The molecule has 6 nitrogen and oxygen atoms in total. The minimum atomic E-state index is -0.944. The zero-order valence-corrected chi connectivity index (χ0v) is 16.6. The molecule has 2 N–H and O–H groups in total. The van der Waals surface area contributed by atoms with Crippen LogP contribution in [0.3, 0.4) is 0 Å². The van der Waals surface area contributed by atoms with E-state index in [0.29, 0.717) is 11.7 Å². The van der Waals surface area contributed by atoms with Crippen LogP contribution in [0.5, 0.6) is 0 Å². The summed E-state index contributed by atoms with van der Waals surface area (Å²) in [7, 11) is 0. The molecule has 3 aromatic heterocycles. The maximum absolute atomic E-state index is 11.4. The Morgan fingerprint density at radius 2 is 1.80 bits per heavy atom. The molecule has 148 valence electrons. The highest BCUT2D eigenvalue weighted by molar-refractivity contribution is 6.00. The van der Waals surface area contributed by atoms with Crippen molar-refractivity contribution in [2.75, 3.05) is 5.32 Å². The standard InChI is InChI=1S/C24H20N4O2/c1-14(2)15-3-6-18(7-4-15)26-23-21-12-17-11-16(24(29)30)5-8-20(17)28(21)22-13-25-10-9-19(22)27-23/h3-14H,1-2H3,(H,26,27)(H,29,30). The van der Waals surface area contributed by atoms with E-state index in [4.69, 9.17) is 4.98 Å². The van der Waals surface area contributed by atoms with Crippen LogP contribution in [0.25, 0.3) is 27.5 Å². The molecule has 0 aliphatic heterocycles. The highest BCUT2D eigenvalue weighted by Crippen LogP contribution is 2.31. The lowest BCUT2D eigenvalue weighted by atomic mass is 10.0. The summed E-state index contributed by atoms with van der Waals surface area (Å²) in [6.07, 6.45) is 3.50. The molecule has 0 radical (unpaired) electrons. The Labute approximate surface area is 172 Å². The second kappa shape index (κ2) is 6.84. The quantitative estimate of drug-likeness (QED) is 0.413. The van der Waals surface area contributed by atoms with E-state index in [9.17, 15) is 9.90 Å². The number of nitrogens with zero attached hydrogens (tertiary/aromatic N) is 3. The number of carboxylic acids is 1. The zero-order valence-electron chi connectivity index (χ0n) is 16.6. The first-order valence-electron chi connectivity index (χ1n) is 9.80. The van der Waals surface area contributed by atoms with Crippen LogP contribution in [-0.2, 0) is 0 Å². The number of hydrogen-bond donors (Lipinski definition) is 2. The molecule has 30 heavy (non-hydrogen) atoms. The van der Waals surface area contributed by atoms with Gasteiger partial charge < -0.3 is 14.8 Å². The van der Waals surface area contributed by atoms with Gasteiger partial charge in [0, 0.05) is 17.3 Å². The van der Waals surface area contributed by atoms with Crippen molar-refractivity contribution in [1.82, 2.24) is 14.4 Å². The third kappa shape index (κ3) is 2.93. The van der Waals surface area contributed by atoms with Gasteiger partial charge in [0.15, 0.2) is 5.82 Å². The number of hydrogen-bond acceptors (Lipinski definition) is 4. The van der Waals surface area contributed by atoms with Gasteiger partial charge in [-0.3, -0.25) is 4.98 Å². The summed E-state index contributed by atoms with van der Waals surface area (Å²) in [5.41, 5.74) is 5.92. The fraction of sp³-hybridized carbons (Fsp3) is 0.125. The molecule has 6 heteroatoms. The van der Waals surface area contributed by atoms with E-state index >= 15 is 0 Å². The topological polar surface area (TPSA) is 79.5 Å². The van der Waals surface area contributed by atoms with Crippen molar-refractivity contribution in [3.05, 3.63) is 78.1 Å². The first kappa shape index (κ1) is 18.1. The number of benzene rings is 2. The number of carboxylic acid groups (broad SMARTS) is 1. The summed E-state index contributed by atoms with van der Waals surface area (Å²) in [4.78, 5) is 20.5. The summed E-state index contributed by atoms with van der Waals surface area (Å²) in [6.45, 7) is 4.34. The smallest absolute Gasteiger partial charge is 0.335 e. The second-order valence-electron chi connectivity index (χ2n) is 7.67. The Bertz CT molecular complexity index is 1420. The number of pyridine rings is 1. The number of carbonyl (C=O) groups is 1. The van der Waals surface area contributed by atoms with Gasteiger partial charge in [0.2, 0.25) is 0 Å². The number of aromatic nitrogens is 3. The normalized spacial score (nSPS) is 11.6. The molecule has 5 aromatic rings. The minimum Gasteiger partial charge on any atom is -0.478 e. The Balaban J connectivity index is 1.73. The van der Waals surface area contributed by atoms with Crippen LogP contribution >= 0.6 is 0 Å². The van der Waals surface area contributed by atoms with Gasteiger partial charge >= 0.3 is 5.97 Å². The van der Waals surface area contributed by atoms with E-state index in [1.165, 1.54) is 5.56 Å². The number of rotatable bonds is 4. The molecule has 0 saturated carbocycles. The zero-order chi connectivity index (χ0) is 20.8. The second-order valence-corrected chi connectivity index (χ2v) is 7.67. The van der Waals surface area contributed by atoms with Crippen molar-refractivity contribution < 1.29 is 9.90 Å². The van der Waals surface area contributed by atoms with Gasteiger partial charge in [0.25, 0.3) is 0 Å². The van der Waals surface area contributed by atoms with Gasteiger partial charge in [0.05, 0.1) is 33.8 Å². The molecule has 2 aromatic carbocycles.